The summed E-state index contributed by atoms with van der Waals surface area (Å²) in [5.74, 6) is 0.352. The highest BCUT2D eigenvalue weighted by Crippen LogP contribution is 2.36. The molecule has 35 heavy (non-hydrogen) atoms. The number of amides is 1. The maximum absolute atomic E-state index is 13.1. The fourth-order valence-corrected chi connectivity index (χ4v) is 4.45. The average molecular weight is 503 g/mol. The Kier molecular flexibility index (Phi) is 8.89. The SMILES string of the molecule is Cc1c(C(=O)NC(C)CCN(C)C)sc2ncnc(Nc3ccc(C#N)cc3OC(CF)CF)c12. The summed E-state index contributed by atoms with van der Waals surface area (Å²) >= 11 is 1.26. The van der Waals surface area contributed by atoms with Gasteiger partial charge in [0.25, 0.3) is 5.91 Å². The van der Waals surface area contributed by atoms with Gasteiger partial charge in [-0.15, -0.1) is 11.3 Å². The number of nitriles is 1. The van der Waals surface area contributed by atoms with E-state index in [9.17, 15) is 18.8 Å². The van der Waals surface area contributed by atoms with Crippen LogP contribution in [0.1, 0.15) is 34.1 Å². The number of carbonyl (C=O) groups is 1. The van der Waals surface area contributed by atoms with E-state index in [0.717, 1.165) is 13.0 Å². The molecule has 0 aliphatic rings. The lowest BCUT2D eigenvalue weighted by molar-refractivity contribution is 0.0940. The number of aryl methyl sites for hydroxylation is 1. The molecular weight excluding hydrogens is 474 g/mol. The van der Waals surface area contributed by atoms with E-state index in [1.165, 1.54) is 23.7 Å². The van der Waals surface area contributed by atoms with Gasteiger partial charge in [-0.3, -0.25) is 4.79 Å². The molecule has 1 atom stereocenters. The van der Waals surface area contributed by atoms with Crippen LogP contribution in [0.5, 0.6) is 5.75 Å². The zero-order valence-electron chi connectivity index (χ0n) is 20.1. The summed E-state index contributed by atoms with van der Waals surface area (Å²) in [4.78, 5) is 24.8. The zero-order chi connectivity index (χ0) is 25.5. The number of anilines is 2. The predicted octanol–water partition coefficient (Wildman–Crippen LogP) is 4.37. The van der Waals surface area contributed by atoms with Crippen molar-refractivity contribution in [1.29, 1.82) is 5.26 Å². The highest BCUT2D eigenvalue weighted by molar-refractivity contribution is 7.20. The first-order chi connectivity index (χ1) is 16.8. The highest BCUT2D eigenvalue weighted by atomic mass is 32.1. The number of benzene rings is 1. The standard InChI is InChI=1S/C24H28F2N6O2S/c1-14(7-8-32(3)4)30-23(33)21-15(2)20-22(28-13-29-24(20)35-21)31-18-6-5-16(12-27)9-19(18)34-17(10-25)11-26/h5-6,9,13-14,17H,7-8,10-11H2,1-4H3,(H,30,33)(H,28,29,31). The van der Waals surface area contributed by atoms with Gasteiger partial charge >= 0.3 is 0 Å². The second-order valence-corrected chi connectivity index (χ2v) is 9.42. The lowest BCUT2D eigenvalue weighted by Crippen LogP contribution is -2.34. The topological polar surface area (TPSA) is 103 Å². The number of alkyl halides is 2. The molecule has 11 heteroatoms. The van der Waals surface area contributed by atoms with E-state index < -0.39 is 19.5 Å². The Labute approximate surface area is 206 Å². The van der Waals surface area contributed by atoms with E-state index in [0.29, 0.717) is 32.2 Å². The van der Waals surface area contributed by atoms with Gasteiger partial charge in [0, 0.05) is 12.1 Å². The molecule has 0 saturated carbocycles. The molecule has 0 spiro atoms. The fourth-order valence-electron chi connectivity index (χ4n) is 3.40. The van der Waals surface area contributed by atoms with E-state index >= 15 is 0 Å². The molecule has 0 bridgehead atoms. The van der Waals surface area contributed by atoms with Crippen LogP contribution in [0.25, 0.3) is 10.2 Å². The number of carbonyl (C=O) groups excluding carboxylic acids is 1. The Morgan fingerprint density at radius 2 is 2.03 bits per heavy atom. The number of aromatic nitrogens is 2. The van der Waals surface area contributed by atoms with E-state index in [1.54, 1.807) is 12.1 Å². The van der Waals surface area contributed by atoms with Crippen molar-refractivity contribution in [1.82, 2.24) is 20.2 Å². The summed E-state index contributed by atoms with van der Waals surface area (Å²) in [5, 5.41) is 16.0. The van der Waals surface area contributed by atoms with E-state index in [-0.39, 0.29) is 23.3 Å². The van der Waals surface area contributed by atoms with Crippen LogP contribution >= 0.6 is 11.3 Å². The minimum atomic E-state index is -1.29. The Morgan fingerprint density at radius 1 is 1.29 bits per heavy atom. The Balaban J connectivity index is 1.92. The Hall–Kier alpha value is -3.36. The van der Waals surface area contributed by atoms with Gasteiger partial charge in [-0.1, -0.05) is 0 Å². The molecule has 2 aromatic heterocycles. The van der Waals surface area contributed by atoms with Gasteiger partial charge < -0.3 is 20.3 Å². The molecule has 0 aliphatic carbocycles. The molecule has 186 valence electrons. The van der Waals surface area contributed by atoms with Gasteiger partial charge in [0.2, 0.25) is 0 Å². The van der Waals surface area contributed by atoms with Crippen molar-refractivity contribution in [2.75, 3.05) is 39.3 Å². The summed E-state index contributed by atoms with van der Waals surface area (Å²) in [7, 11) is 3.97. The molecular formula is C24H28F2N6O2S. The summed E-state index contributed by atoms with van der Waals surface area (Å²) in [6.07, 6.45) is 0.899. The second kappa shape index (κ2) is 11.9. The average Bonchev–Trinajstić information content (AvgIpc) is 3.19. The largest absolute Gasteiger partial charge is 0.483 e. The first-order valence-corrected chi connectivity index (χ1v) is 11.9. The van der Waals surface area contributed by atoms with Gasteiger partial charge in [0.15, 0.2) is 6.10 Å². The first-order valence-electron chi connectivity index (χ1n) is 11.1. The Bertz CT molecular complexity index is 1220. The van der Waals surface area contributed by atoms with Crippen molar-refractivity contribution in [2.24, 2.45) is 0 Å². The van der Waals surface area contributed by atoms with Gasteiger partial charge in [-0.2, -0.15) is 5.26 Å². The smallest absolute Gasteiger partial charge is 0.261 e. The number of nitrogens with one attached hydrogen (secondary N) is 2. The first kappa shape index (κ1) is 26.2. The van der Waals surface area contributed by atoms with Crippen LogP contribution in [0.3, 0.4) is 0 Å². The molecule has 3 aromatic rings. The number of nitrogens with zero attached hydrogens (tertiary/aromatic N) is 4. The third kappa shape index (κ3) is 6.41. The summed E-state index contributed by atoms with van der Waals surface area (Å²) in [6, 6.07) is 6.53. The van der Waals surface area contributed by atoms with Crippen LogP contribution in [-0.2, 0) is 0 Å². The van der Waals surface area contributed by atoms with Crippen LogP contribution in [0.2, 0.25) is 0 Å². The minimum Gasteiger partial charge on any atom is -0.483 e. The maximum atomic E-state index is 13.1. The van der Waals surface area contributed by atoms with Gasteiger partial charge in [0.05, 0.1) is 27.6 Å². The van der Waals surface area contributed by atoms with E-state index in [1.807, 2.05) is 34.0 Å². The lowest BCUT2D eigenvalue weighted by Gasteiger charge is -2.17. The number of fused-ring (bicyclic) bond motifs is 1. The molecule has 1 amide bonds. The molecule has 8 nitrogen and oxygen atoms in total. The van der Waals surface area contributed by atoms with Crippen molar-refractivity contribution < 1.29 is 18.3 Å². The van der Waals surface area contributed by atoms with Crippen LogP contribution in [0.15, 0.2) is 24.5 Å². The van der Waals surface area contributed by atoms with Crippen molar-refractivity contribution in [2.45, 2.75) is 32.4 Å². The molecule has 0 saturated heterocycles. The normalized spacial score (nSPS) is 12.1. The van der Waals surface area contributed by atoms with Crippen LogP contribution in [-0.4, -0.2) is 66.9 Å². The number of hydrogen-bond acceptors (Lipinski definition) is 8. The number of ether oxygens (including phenoxy) is 1. The molecule has 3 rings (SSSR count). The quantitative estimate of drug-likeness (QED) is 0.401. The summed E-state index contributed by atoms with van der Waals surface area (Å²) < 4.78 is 31.6. The molecule has 2 N–H and O–H groups in total. The number of thiophene rings is 1. The number of hydrogen-bond donors (Lipinski definition) is 2. The molecule has 1 unspecified atom stereocenters. The monoisotopic (exact) mass is 502 g/mol. The highest BCUT2D eigenvalue weighted by Gasteiger charge is 2.22. The fraction of sp³-hybridized carbons (Fsp3) is 0.417. The van der Waals surface area contributed by atoms with Crippen molar-refractivity contribution >= 4 is 39.0 Å². The molecule has 0 aliphatic heterocycles. The minimum absolute atomic E-state index is 0.00416. The van der Waals surface area contributed by atoms with Crippen LogP contribution in [0, 0.1) is 18.3 Å². The summed E-state index contributed by atoms with van der Waals surface area (Å²) in [6.45, 7) is 2.61. The number of halogens is 2. The summed E-state index contributed by atoms with van der Waals surface area (Å²) in [5.41, 5.74) is 1.38. The molecule has 0 fully saturated rings. The van der Waals surface area contributed by atoms with Gasteiger partial charge in [-0.05, 0) is 58.6 Å². The van der Waals surface area contributed by atoms with Crippen molar-refractivity contribution in [3.63, 3.8) is 0 Å². The zero-order valence-corrected chi connectivity index (χ0v) is 20.9. The Morgan fingerprint density at radius 3 is 2.69 bits per heavy atom. The predicted molar refractivity (Wildman–Crippen MR) is 133 cm³/mol. The van der Waals surface area contributed by atoms with E-state index in [2.05, 4.69) is 25.5 Å². The van der Waals surface area contributed by atoms with Crippen molar-refractivity contribution in [3.05, 3.63) is 40.5 Å². The van der Waals surface area contributed by atoms with E-state index in [4.69, 9.17) is 4.74 Å². The third-order valence-corrected chi connectivity index (χ3v) is 6.52. The maximum Gasteiger partial charge on any atom is 0.261 e. The van der Waals surface area contributed by atoms with Gasteiger partial charge in [-0.25, -0.2) is 18.7 Å². The molecule has 2 heterocycles. The van der Waals surface area contributed by atoms with Crippen LogP contribution < -0.4 is 15.4 Å². The molecule has 1 aromatic carbocycles. The van der Waals surface area contributed by atoms with Crippen molar-refractivity contribution in [3.8, 4) is 11.8 Å². The molecule has 0 radical (unpaired) electrons. The lowest BCUT2D eigenvalue weighted by atomic mass is 10.1. The third-order valence-electron chi connectivity index (χ3n) is 5.32. The van der Waals surface area contributed by atoms with Crippen LogP contribution in [0.4, 0.5) is 20.3 Å². The number of rotatable bonds is 11. The second-order valence-electron chi connectivity index (χ2n) is 8.42. The van der Waals surface area contributed by atoms with Gasteiger partial charge in [0.1, 0.15) is 36.1 Å².